The number of hydrogen-bond donors (Lipinski definition) is 0. The van der Waals surface area contributed by atoms with E-state index >= 15 is 0 Å². The van der Waals surface area contributed by atoms with Gasteiger partial charge in [0, 0.05) is 0 Å². The van der Waals surface area contributed by atoms with E-state index in [2.05, 4.69) is 0 Å². The first-order chi connectivity index (χ1) is 2.00. The summed E-state index contributed by atoms with van der Waals surface area (Å²) in [4.78, 5) is 0. The van der Waals surface area contributed by atoms with Gasteiger partial charge in [-0.3, -0.25) is 0 Å². The maximum atomic E-state index is 8.18. The summed E-state index contributed by atoms with van der Waals surface area (Å²) in [5.74, 6) is 0. The summed E-state index contributed by atoms with van der Waals surface area (Å²) in [6.45, 7) is 0. The third-order valence-corrected chi connectivity index (χ3v) is 0. The van der Waals surface area contributed by atoms with Crippen LogP contribution in [-0.2, 0) is 41.6 Å². The van der Waals surface area contributed by atoms with Crippen LogP contribution in [0.25, 0.3) is 0 Å². The van der Waals surface area contributed by atoms with E-state index in [-0.39, 0.29) is 0 Å². The number of rotatable bonds is 0. The molecule has 0 saturated carbocycles. The SMILES string of the molecule is [O]=[Fe].[O]=[Ru]. The Morgan fingerprint density at radius 2 is 1.25 bits per heavy atom. The van der Waals surface area contributed by atoms with Crippen LogP contribution < -0.4 is 0 Å². The fourth-order valence-electron chi connectivity index (χ4n) is 0. The van der Waals surface area contributed by atoms with Gasteiger partial charge in [-0.15, -0.1) is 0 Å². The van der Waals surface area contributed by atoms with Crippen molar-refractivity contribution >= 4 is 0 Å². The molecule has 2 nitrogen and oxygen atoms in total. The van der Waals surface area contributed by atoms with Crippen LogP contribution in [0.3, 0.4) is 0 Å². The molecule has 0 atom stereocenters. The van der Waals surface area contributed by atoms with Crippen LogP contribution in [0.2, 0.25) is 0 Å². The topological polar surface area (TPSA) is 34.1 Å². The Balaban J connectivity index is 0. The van der Waals surface area contributed by atoms with Gasteiger partial charge in [-0.05, 0) is 0 Å². The molecule has 0 bridgehead atoms. The molecule has 0 spiro atoms. The molecule has 0 aromatic heterocycles. The first-order valence-electron chi connectivity index (χ1n) is 0.289. The summed E-state index contributed by atoms with van der Waals surface area (Å²) < 4.78 is 16.2. The van der Waals surface area contributed by atoms with Gasteiger partial charge in [-0.25, -0.2) is 0 Å². The zero-order valence-electron chi connectivity index (χ0n) is 1.52. The molecule has 0 N–H and O–H groups in total. The third-order valence-electron chi connectivity index (χ3n) is 0. The van der Waals surface area contributed by atoms with Crippen molar-refractivity contribution in [2.75, 3.05) is 0 Å². The molecule has 0 rings (SSSR count). The Bertz CT molecular complexity index is 8.00. The van der Waals surface area contributed by atoms with Crippen molar-refractivity contribution in [3.63, 3.8) is 0 Å². The fourth-order valence-corrected chi connectivity index (χ4v) is 0. The Hall–Kier alpha value is 0.743. The summed E-state index contributed by atoms with van der Waals surface area (Å²) in [6, 6.07) is 0. The first-order valence-corrected chi connectivity index (χ1v) is 1.45. The summed E-state index contributed by atoms with van der Waals surface area (Å²) in [7, 11) is 0. The average Bonchev–Trinajstić information content (AvgIpc) is 1.50. The minimum atomic E-state index is 1.10. The molecule has 0 aromatic rings. The molecular formula is FeO2Ru. The second-order valence-corrected chi connectivity index (χ2v) is 0. The van der Waals surface area contributed by atoms with Crippen LogP contribution >= 0.6 is 0 Å². The predicted octanol–water partition coefficient (Wildman–Crippen LogP) is -0.243. The third kappa shape index (κ3) is 15.1. The second-order valence-electron chi connectivity index (χ2n) is 0. The average molecular weight is 189 g/mol. The van der Waals surface area contributed by atoms with Crippen molar-refractivity contribution in [3.05, 3.63) is 0 Å². The predicted molar refractivity (Wildman–Crippen MR) is 1.37 cm³/mol. The van der Waals surface area contributed by atoms with E-state index in [0.29, 0.717) is 0 Å². The van der Waals surface area contributed by atoms with E-state index in [0.717, 1.165) is 18.3 Å². The van der Waals surface area contributed by atoms with Crippen LogP contribution in [0.5, 0.6) is 0 Å². The van der Waals surface area contributed by atoms with Gasteiger partial charge in [0.2, 0.25) is 0 Å². The quantitative estimate of drug-likeness (QED) is 0.492. The van der Waals surface area contributed by atoms with E-state index in [1.165, 1.54) is 0 Å². The Morgan fingerprint density at radius 3 is 1.25 bits per heavy atom. The van der Waals surface area contributed by atoms with Crippen molar-refractivity contribution in [3.8, 4) is 0 Å². The fraction of sp³-hybridized carbons (Fsp3) is 0. The Kier molecular flexibility index (Phi) is 113. The van der Waals surface area contributed by atoms with Crippen molar-refractivity contribution < 1.29 is 41.6 Å². The molecular weight excluding hydrogens is 189 g/mol. The van der Waals surface area contributed by atoms with Crippen LogP contribution in [0.4, 0.5) is 0 Å². The van der Waals surface area contributed by atoms with E-state index in [1.807, 2.05) is 15.9 Å². The summed E-state index contributed by atoms with van der Waals surface area (Å²) in [6.07, 6.45) is 0. The van der Waals surface area contributed by atoms with Gasteiger partial charge in [-0.2, -0.15) is 0 Å². The van der Waals surface area contributed by atoms with Crippen LogP contribution in [0.15, 0.2) is 0 Å². The Morgan fingerprint density at radius 1 is 1.25 bits per heavy atom. The number of hydrogen-bond acceptors (Lipinski definition) is 2. The zero-order valence-corrected chi connectivity index (χ0v) is 4.37. The molecule has 28 valence electrons. The Labute approximate surface area is 41.9 Å². The van der Waals surface area contributed by atoms with Gasteiger partial charge in [-0.1, -0.05) is 0 Å². The van der Waals surface area contributed by atoms with Gasteiger partial charge in [0.1, 0.15) is 0 Å². The van der Waals surface area contributed by atoms with Gasteiger partial charge in [0.25, 0.3) is 0 Å². The van der Waals surface area contributed by atoms with E-state index < -0.39 is 0 Å². The van der Waals surface area contributed by atoms with Crippen LogP contribution in [-0.4, -0.2) is 0 Å². The van der Waals surface area contributed by atoms with Crippen LogP contribution in [0.1, 0.15) is 0 Å². The maximum absolute atomic E-state index is 8.18. The van der Waals surface area contributed by atoms with Crippen molar-refractivity contribution in [2.24, 2.45) is 0 Å². The van der Waals surface area contributed by atoms with E-state index in [1.54, 1.807) is 0 Å². The van der Waals surface area contributed by atoms with Crippen molar-refractivity contribution in [1.29, 1.82) is 0 Å². The molecule has 0 unspecified atom stereocenters. The van der Waals surface area contributed by atoms with E-state index in [9.17, 15) is 0 Å². The standard InChI is InChI=1S/Fe.2O.Ru. The summed E-state index contributed by atoms with van der Waals surface area (Å²) in [5.41, 5.74) is 0. The normalized spacial score (nSPS) is 2.50. The molecule has 4 heteroatoms. The van der Waals surface area contributed by atoms with Gasteiger partial charge >= 0.3 is 41.6 Å². The molecule has 0 radical (unpaired) electrons. The summed E-state index contributed by atoms with van der Waals surface area (Å²) in [5, 5.41) is 0. The zero-order chi connectivity index (χ0) is 4.00. The van der Waals surface area contributed by atoms with Crippen LogP contribution in [0, 0.1) is 0 Å². The minimum absolute atomic E-state index is 1.10. The van der Waals surface area contributed by atoms with Gasteiger partial charge in [0.15, 0.2) is 0 Å². The molecule has 0 fully saturated rings. The second kappa shape index (κ2) is 51.0. The van der Waals surface area contributed by atoms with Gasteiger partial charge in [0.05, 0.1) is 0 Å². The molecule has 0 aromatic carbocycles. The summed E-state index contributed by atoms with van der Waals surface area (Å²) >= 11 is 3.10. The van der Waals surface area contributed by atoms with E-state index in [4.69, 9.17) is 7.41 Å². The molecule has 0 saturated heterocycles. The molecule has 0 aliphatic rings. The van der Waals surface area contributed by atoms with Crippen molar-refractivity contribution in [2.45, 2.75) is 0 Å². The van der Waals surface area contributed by atoms with Crippen molar-refractivity contribution in [1.82, 2.24) is 0 Å². The first kappa shape index (κ1) is 8.83. The monoisotopic (exact) mass is 190 g/mol. The molecule has 0 heterocycles. The molecule has 0 aliphatic heterocycles. The molecule has 0 amide bonds. The molecule has 0 aliphatic carbocycles. The molecule has 4 heavy (non-hydrogen) atoms. The van der Waals surface area contributed by atoms with Gasteiger partial charge < -0.3 is 0 Å².